The number of nitrogens with zero attached hydrogens (tertiary/aromatic N) is 2. The summed E-state index contributed by atoms with van der Waals surface area (Å²) < 4.78 is 9.16. The predicted octanol–water partition coefficient (Wildman–Crippen LogP) is 4.67. The molecule has 1 heterocycles. The van der Waals surface area contributed by atoms with Crippen LogP contribution in [-0.2, 0) is 13.5 Å². The van der Waals surface area contributed by atoms with Crippen molar-refractivity contribution in [2.75, 3.05) is 0 Å². The van der Waals surface area contributed by atoms with Crippen LogP contribution in [0, 0.1) is 0 Å². The van der Waals surface area contributed by atoms with Gasteiger partial charge in [-0.2, -0.15) is 5.10 Å². The van der Waals surface area contributed by atoms with E-state index in [4.69, 9.17) is 16.3 Å². The summed E-state index contributed by atoms with van der Waals surface area (Å²) >= 11 is 13.1. The van der Waals surface area contributed by atoms with E-state index in [2.05, 4.69) is 42.1 Å². The van der Waals surface area contributed by atoms with Crippen LogP contribution >= 0.6 is 43.5 Å². The number of nitrogens with one attached hydrogen (secondary N) is 1. The van der Waals surface area contributed by atoms with E-state index >= 15 is 0 Å². The molecule has 0 aliphatic heterocycles. The standard InChI is InChI=1S/C16H12Br2ClN3O2/c1-22-15(20-21-16(22)23)5-9-2-3-13(19)14(4-9)24-12-7-10(17)6-11(18)8-12/h2-4,6-8H,5H2,1H3,(H,21,23). The van der Waals surface area contributed by atoms with Gasteiger partial charge in [-0.1, -0.05) is 49.5 Å². The van der Waals surface area contributed by atoms with Crippen molar-refractivity contribution in [2.45, 2.75) is 6.42 Å². The van der Waals surface area contributed by atoms with Crippen molar-refractivity contribution in [1.29, 1.82) is 0 Å². The highest BCUT2D eigenvalue weighted by Crippen LogP contribution is 2.33. The lowest BCUT2D eigenvalue weighted by Crippen LogP contribution is -2.14. The van der Waals surface area contributed by atoms with E-state index in [0.717, 1.165) is 14.5 Å². The summed E-state index contributed by atoms with van der Waals surface area (Å²) in [6.07, 6.45) is 0.491. The highest BCUT2D eigenvalue weighted by atomic mass is 79.9. The second-order valence-electron chi connectivity index (χ2n) is 5.15. The zero-order valence-corrected chi connectivity index (χ0v) is 16.4. The molecule has 0 unspecified atom stereocenters. The fourth-order valence-corrected chi connectivity index (χ4v) is 3.58. The molecule has 0 spiro atoms. The van der Waals surface area contributed by atoms with Gasteiger partial charge in [0.25, 0.3) is 0 Å². The monoisotopic (exact) mass is 471 g/mol. The summed E-state index contributed by atoms with van der Waals surface area (Å²) in [5.41, 5.74) is 0.694. The van der Waals surface area contributed by atoms with Crippen LogP contribution < -0.4 is 10.4 Å². The molecule has 0 amide bonds. The Hall–Kier alpha value is -1.57. The van der Waals surface area contributed by atoms with Crippen LogP contribution in [0.5, 0.6) is 11.5 Å². The number of halogens is 3. The maximum absolute atomic E-state index is 11.4. The molecule has 0 saturated heterocycles. The molecule has 0 fully saturated rings. The Morgan fingerprint density at radius 1 is 1.21 bits per heavy atom. The minimum atomic E-state index is -0.241. The summed E-state index contributed by atoms with van der Waals surface area (Å²) in [6, 6.07) is 11.1. The molecular formula is C16H12Br2ClN3O2. The molecule has 0 aliphatic rings. The van der Waals surface area contributed by atoms with E-state index in [0.29, 0.717) is 28.8 Å². The van der Waals surface area contributed by atoms with E-state index < -0.39 is 0 Å². The largest absolute Gasteiger partial charge is 0.456 e. The number of aromatic nitrogens is 3. The van der Waals surface area contributed by atoms with Gasteiger partial charge < -0.3 is 4.74 Å². The van der Waals surface area contributed by atoms with E-state index in [9.17, 15) is 4.79 Å². The Morgan fingerprint density at radius 2 is 1.92 bits per heavy atom. The second kappa shape index (κ2) is 7.13. The maximum atomic E-state index is 11.4. The van der Waals surface area contributed by atoms with Crippen molar-refractivity contribution in [2.24, 2.45) is 7.05 Å². The third kappa shape index (κ3) is 3.91. The van der Waals surface area contributed by atoms with Crippen LogP contribution in [0.4, 0.5) is 0 Å². The molecule has 124 valence electrons. The summed E-state index contributed by atoms with van der Waals surface area (Å²) in [5.74, 6) is 1.83. The van der Waals surface area contributed by atoms with Crippen molar-refractivity contribution in [3.05, 3.63) is 72.2 Å². The molecule has 1 aromatic heterocycles. The van der Waals surface area contributed by atoms with Gasteiger partial charge in [-0.05, 0) is 35.9 Å². The molecule has 0 radical (unpaired) electrons. The van der Waals surface area contributed by atoms with E-state index in [-0.39, 0.29) is 5.69 Å². The number of benzene rings is 2. The summed E-state index contributed by atoms with van der Waals surface area (Å²) in [4.78, 5) is 11.4. The van der Waals surface area contributed by atoms with Crippen molar-refractivity contribution >= 4 is 43.5 Å². The van der Waals surface area contributed by atoms with E-state index in [1.807, 2.05) is 30.3 Å². The number of ether oxygens (including phenoxy) is 1. The quantitative estimate of drug-likeness (QED) is 0.599. The summed E-state index contributed by atoms with van der Waals surface area (Å²) in [5, 5.41) is 6.94. The molecule has 3 aromatic rings. The lowest BCUT2D eigenvalue weighted by molar-refractivity contribution is 0.481. The average Bonchev–Trinajstić information content (AvgIpc) is 2.82. The molecule has 5 nitrogen and oxygen atoms in total. The molecule has 24 heavy (non-hydrogen) atoms. The first-order valence-corrected chi connectivity index (χ1v) is 8.91. The second-order valence-corrected chi connectivity index (χ2v) is 7.39. The SMILES string of the molecule is Cn1c(Cc2ccc(Cl)c(Oc3cc(Br)cc(Br)c3)c2)n[nH]c1=O. The Bertz CT molecular complexity index is 932. The van der Waals surface area contributed by atoms with Gasteiger partial charge in [0.2, 0.25) is 0 Å². The van der Waals surface area contributed by atoms with Gasteiger partial charge in [-0.15, -0.1) is 0 Å². The van der Waals surface area contributed by atoms with Crippen molar-refractivity contribution in [3.63, 3.8) is 0 Å². The number of rotatable bonds is 4. The number of hydrogen-bond acceptors (Lipinski definition) is 3. The topological polar surface area (TPSA) is 59.9 Å². The van der Waals surface area contributed by atoms with Gasteiger partial charge in [0.05, 0.1) is 5.02 Å². The summed E-state index contributed by atoms with van der Waals surface area (Å²) in [6.45, 7) is 0. The molecular weight excluding hydrogens is 461 g/mol. The molecule has 8 heteroatoms. The molecule has 0 aliphatic carbocycles. The minimum Gasteiger partial charge on any atom is -0.456 e. The Balaban J connectivity index is 1.88. The third-order valence-corrected chi connectivity index (χ3v) is 4.62. The fraction of sp³-hybridized carbons (Fsp3) is 0.125. The van der Waals surface area contributed by atoms with E-state index in [1.54, 1.807) is 13.1 Å². The Kier molecular flexibility index (Phi) is 5.12. The highest BCUT2D eigenvalue weighted by molar-refractivity contribution is 9.11. The number of aromatic amines is 1. The van der Waals surface area contributed by atoms with Gasteiger partial charge in [0.15, 0.2) is 0 Å². The van der Waals surface area contributed by atoms with Crippen LogP contribution in [0.1, 0.15) is 11.4 Å². The van der Waals surface area contributed by atoms with Gasteiger partial charge in [-0.3, -0.25) is 4.57 Å². The predicted molar refractivity (Wildman–Crippen MR) is 100 cm³/mol. The van der Waals surface area contributed by atoms with E-state index in [1.165, 1.54) is 4.57 Å². The first-order chi connectivity index (χ1) is 11.4. The van der Waals surface area contributed by atoms with Gasteiger partial charge in [0.1, 0.15) is 17.3 Å². The first-order valence-electron chi connectivity index (χ1n) is 6.95. The fourth-order valence-electron chi connectivity index (χ4n) is 2.17. The minimum absolute atomic E-state index is 0.241. The van der Waals surface area contributed by atoms with Crippen LogP contribution in [0.3, 0.4) is 0 Å². The molecule has 2 aromatic carbocycles. The molecule has 1 N–H and O–H groups in total. The Labute approximate surface area is 159 Å². The maximum Gasteiger partial charge on any atom is 0.343 e. The molecule has 0 bridgehead atoms. The van der Waals surface area contributed by atoms with Gasteiger partial charge in [-0.25, -0.2) is 9.89 Å². The molecule has 3 rings (SSSR count). The smallest absolute Gasteiger partial charge is 0.343 e. The van der Waals surface area contributed by atoms with Gasteiger partial charge >= 0.3 is 5.69 Å². The van der Waals surface area contributed by atoms with Crippen LogP contribution in [0.2, 0.25) is 5.02 Å². The lowest BCUT2D eigenvalue weighted by Gasteiger charge is -2.10. The van der Waals surface area contributed by atoms with Crippen molar-refractivity contribution < 1.29 is 4.74 Å². The van der Waals surface area contributed by atoms with Gasteiger partial charge in [0, 0.05) is 22.4 Å². The average molecular weight is 474 g/mol. The highest BCUT2D eigenvalue weighted by Gasteiger charge is 2.10. The zero-order chi connectivity index (χ0) is 17.3. The first kappa shape index (κ1) is 17.3. The molecule has 0 atom stereocenters. The van der Waals surface area contributed by atoms with Crippen LogP contribution in [0.25, 0.3) is 0 Å². The summed E-state index contributed by atoms with van der Waals surface area (Å²) in [7, 11) is 1.67. The number of H-pyrrole nitrogens is 1. The zero-order valence-electron chi connectivity index (χ0n) is 12.5. The normalized spacial score (nSPS) is 10.8. The van der Waals surface area contributed by atoms with Crippen LogP contribution in [0.15, 0.2) is 50.1 Å². The van der Waals surface area contributed by atoms with Crippen LogP contribution in [-0.4, -0.2) is 14.8 Å². The molecule has 0 saturated carbocycles. The Morgan fingerprint density at radius 3 is 2.54 bits per heavy atom. The van der Waals surface area contributed by atoms with Crippen molar-refractivity contribution in [3.8, 4) is 11.5 Å². The number of hydrogen-bond donors (Lipinski definition) is 1. The van der Waals surface area contributed by atoms with Crippen molar-refractivity contribution in [1.82, 2.24) is 14.8 Å². The lowest BCUT2D eigenvalue weighted by atomic mass is 10.1. The third-order valence-electron chi connectivity index (χ3n) is 3.39.